The quantitative estimate of drug-likeness (QED) is 0.560. The molecule has 0 spiro atoms. The lowest BCUT2D eigenvalue weighted by atomic mass is 10.1. The maximum Gasteiger partial charge on any atom is 0.310 e. The Morgan fingerprint density at radius 2 is 1.91 bits per heavy atom. The number of carbonyl (C=O) groups excluding carboxylic acids is 2. The molecule has 0 radical (unpaired) electrons. The van der Waals surface area contributed by atoms with E-state index in [9.17, 15) is 14.0 Å². The Balaban J connectivity index is 1.87. The van der Waals surface area contributed by atoms with E-state index in [4.69, 9.17) is 16.3 Å². The number of halogens is 3. The zero-order chi connectivity index (χ0) is 16.8. The van der Waals surface area contributed by atoms with Crippen molar-refractivity contribution in [2.45, 2.75) is 6.42 Å². The van der Waals surface area contributed by atoms with Crippen molar-refractivity contribution in [1.82, 2.24) is 0 Å². The van der Waals surface area contributed by atoms with E-state index in [0.29, 0.717) is 5.69 Å². The normalized spacial score (nSPS) is 10.2. The van der Waals surface area contributed by atoms with Crippen molar-refractivity contribution >= 4 is 51.8 Å². The third kappa shape index (κ3) is 5.18. The molecule has 0 aromatic heterocycles. The maximum atomic E-state index is 13.6. The van der Waals surface area contributed by atoms with Crippen molar-refractivity contribution in [2.75, 3.05) is 11.9 Å². The van der Waals surface area contributed by atoms with E-state index in [1.54, 1.807) is 12.1 Å². The number of carbonyl (C=O) groups is 2. The van der Waals surface area contributed by atoms with Crippen molar-refractivity contribution in [3.8, 4) is 0 Å². The molecule has 2 rings (SSSR count). The average molecular weight is 448 g/mol. The molecule has 2 aromatic rings. The van der Waals surface area contributed by atoms with Crippen molar-refractivity contribution in [3.63, 3.8) is 0 Å². The number of esters is 1. The van der Waals surface area contributed by atoms with Crippen LogP contribution >= 0.6 is 34.2 Å². The molecule has 0 saturated heterocycles. The number of rotatable bonds is 5. The molecule has 120 valence electrons. The Morgan fingerprint density at radius 3 is 2.61 bits per heavy atom. The summed E-state index contributed by atoms with van der Waals surface area (Å²) in [5.74, 6) is -1.78. The van der Waals surface area contributed by atoms with Crippen LogP contribution in [-0.2, 0) is 20.7 Å². The lowest BCUT2D eigenvalue weighted by Gasteiger charge is -2.09. The molecule has 0 unspecified atom stereocenters. The summed E-state index contributed by atoms with van der Waals surface area (Å²) in [5.41, 5.74) is 0.684. The van der Waals surface area contributed by atoms with E-state index in [0.717, 1.165) is 3.57 Å². The van der Waals surface area contributed by atoms with Crippen molar-refractivity contribution in [3.05, 3.63) is 62.4 Å². The summed E-state index contributed by atoms with van der Waals surface area (Å²) in [6, 6.07) is 11.3. The Hall–Kier alpha value is -1.67. The summed E-state index contributed by atoms with van der Waals surface area (Å²) >= 11 is 7.91. The monoisotopic (exact) mass is 447 g/mol. The van der Waals surface area contributed by atoms with Crippen LogP contribution in [0.15, 0.2) is 42.5 Å². The number of benzene rings is 2. The summed E-state index contributed by atoms with van der Waals surface area (Å²) in [6.45, 7) is -0.449. The molecule has 0 heterocycles. The highest BCUT2D eigenvalue weighted by atomic mass is 127. The summed E-state index contributed by atoms with van der Waals surface area (Å²) in [4.78, 5) is 23.5. The van der Waals surface area contributed by atoms with Gasteiger partial charge in [-0.2, -0.15) is 0 Å². The minimum absolute atomic E-state index is 0.0529. The number of amides is 1. The molecule has 1 amide bonds. The van der Waals surface area contributed by atoms with Gasteiger partial charge in [-0.3, -0.25) is 9.59 Å². The van der Waals surface area contributed by atoms with E-state index < -0.39 is 24.3 Å². The lowest BCUT2D eigenvalue weighted by Crippen LogP contribution is -2.22. The fourth-order valence-corrected chi connectivity index (χ4v) is 2.54. The van der Waals surface area contributed by atoms with Gasteiger partial charge in [0.25, 0.3) is 5.91 Å². The highest BCUT2D eigenvalue weighted by Crippen LogP contribution is 2.20. The van der Waals surface area contributed by atoms with Gasteiger partial charge in [0.1, 0.15) is 5.82 Å². The van der Waals surface area contributed by atoms with Crippen LogP contribution in [0.3, 0.4) is 0 Å². The van der Waals surface area contributed by atoms with Gasteiger partial charge in [-0.05, 0) is 46.9 Å². The van der Waals surface area contributed by atoms with Crippen molar-refractivity contribution in [1.29, 1.82) is 0 Å². The largest absolute Gasteiger partial charge is 0.455 e. The van der Waals surface area contributed by atoms with Gasteiger partial charge in [0.05, 0.1) is 12.1 Å². The van der Waals surface area contributed by atoms with Crippen LogP contribution in [0.2, 0.25) is 5.02 Å². The van der Waals surface area contributed by atoms with E-state index in [1.807, 2.05) is 12.1 Å². The van der Waals surface area contributed by atoms with Gasteiger partial charge in [-0.1, -0.05) is 29.8 Å². The third-order valence-corrected chi connectivity index (χ3v) is 4.19. The number of ether oxygens (including phenoxy) is 1. The molecule has 1 N–H and O–H groups in total. The molecule has 0 aliphatic carbocycles. The molecular weight excluding hydrogens is 436 g/mol. The van der Waals surface area contributed by atoms with Crippen LogP contribution in [0.5, 0.6) is 0 Å². The molecule has 23 heavy (non-hydrogen) atoms. The molecule has 0 fully saturated rings. The van der Waals surface area contributed by atoms with Crippen LogP contribution in [0.25, 0.3) is 0 Å². The van der Waals surface area contributed by atoms with Crippen molar-refractivity contribution in [2.24, 2.45) is 0 Å². The minimum atomic E-state index is -0.727. The van der Waals surface area contributed by atoms with E-state index in [1.165, 1.54) is 18.2 Å². The summed E-state index contributed by atoms with van der Waals surface area (Å²) in [5, 5.41) is 2.77. The van der Waals surface area contributed by atoms with Gasteiger partial charge in [0, 0.05) is 14.2 Å². The number of hydrogen-bond donors (Lipinski definition) is 1. The topological polar surface area (TPSA) is 55.4 Å². The molecule has 7 heteroatoms. The van der Waals surface area contributed by atoms with Crippen LogP contribution in [-0.4, -0.2) is 18.5 Å². The number of anilines is 1. The fourth-order valence-electron chi connectivity index (χ4n) is 1.79. The highest BCUT2D eigenvalue weighted by molar-refractivity contribution is 14.1. The third-order valence-electron chi connectivity index (χ3n) is 2.89. The van der Waals surface area contributed by atoms with Gasteiger partial charge in [0.2, 0.25) is 0 Å². The summed E-state index contributed by atoms with van der Waals surface area (Å²) in [7, 11) is 0. The van der Waals surface area contributed by atoms with E-state index in [-0.39, 0.29) is 17.0 Å². The average Bonchev–Trinajstić information content (AvgIpc) is 2.51. The lowest BCUT2D eigenvalue weighted by molar-refractivity contribution is -0.146. The van der Waals surface area contributed by atoms with Gasteiger partial charge in [-0.25, -0.2) is 4.39 Å². The first-order valence-electron chi connectivity index (χ1n) is 6.60. The van der Waals surface area contributed by atoms with Crippen molar-refractivity contribution < 1.29 is 18.7 Å². The van der Waals surface area contributed by atoms with Gasteiger partial charge >= 0.3 is 5.97 Å². The zero-order valence-corrected chi connectivity index (χ0v) is 14.7. The molecule has 2 aromatic carbocycles. The van der Waals surface area contributed by atoms with Gasteiger partial charge in [-0.15, -0.1) is 0 Å². The van der Waals surface area contributed by atoms with Crippen LogP contribution in [0.4, 0.5) is 10.1 Å². The maximum absolute atomic E-state index is 13.6. The first-order valence-corrected chi connectivity index (χ1v) is 8.06. The number of hydrogen-bond acceptors (Lipinski definition) is 3. The molecule has 4 nitrogen and oxygen atoms in total. The Morgan fingerprint density at radius 1 is 1.17 bits per heavy atom. The summed E-state index contributed by atoms with van der Waals surface area (Å²) in [6.07, 6.45) is -0.332. The first-order chi connectivity index (χ1) is 11.0. The summed E-state index contributed by atoms with van der Waals surface area (Å²) < 4.78 is 19.3. The Kier molecular flexibility index (Phi) is 6.35. The zero-order valence-electron chi connectivity index (χ0n) is 11.8. The standard InChI is InChI=1S/C16H12ClFINO3/c17-11-4-3-5-12(18)10(11)8-16(22)23-9-15(21)20-14-7-2-1-6-13(14)19/h1-7H,8-9H2,(H,20,21). The first kappa shape index (κ1) is 17.7. The predicted octanol–water partition coefficient (Wildman–Crippen LogP) is 3.81. The number of para-hydroxylation sites is 1. The molecule has 0 aliphatic heterocycles. The van der Waals surface area contributed by atoms with Gasteiger partial charge < -0.3 is 10.1 Å². The van der Waals surface area contributed by atoms with E-state index in [2.05, 4.69) is 27.9 Å². The van der Waals surface area contributed by atoms with E-state index >= 15 is 0 Å². The molecular formula is C16H12ClFINO3. The second-order valence-corrected chi connectivity index (χ2v) is 6.14. The molecule has 0 atom stereocenters. The van der Waals surface area contributed by atoms with Gasteiger partial charge in [0.15, 0.2) is 6.61 Å². The van der Waals surface area contributed by atoms with Crippen LogP contribution < -0.4 is 5.32 Å². The smallest absolute Gasteiger partial charge is 0.310 e. The minimum Gasteiger partial charge on any atom is -0.455 e. The fraction of sp³-hybridized carbons (Fsp3) is 0.125. The van der Waals surface area contributed by atoms with Crippen LogP contribution in [0.1, 0.15) is 5.56 Å². The molecule has 0 bridgehead atoms. The Bertz CT molecular complexity index is 719. The second-order valence-electron chi connectivity index (χ2n) is 4.57. The van der Waals surface area contributed by atoms with Crippen LogP contribution in [0, 0.1) is 9.39 Å². The predicted molar refractivity (Wildman–Crippen MR) is 93.9 cm³/mol. The SMILES string of the molecule is O=C(COC(=O)Cc1c(F)cccc1Cl)Nc1ccccc1I. The molecule has 0 saturated carbocycles. The number of nitrogens with one attached hydrogen (secondary N) is 1. The Labute approximate surface area is 151 Å². The highest BCUT2D eigenvalue weighted by Gasteiger charge is 2.14. The molecule has 0 aliphatic rings. The second kappa shape index (κ2) is 8.26.